The van der Waals surface area contributed by atoms with E-state index in [0.717, 1.165) is 0 Å². The zero-order valence-electron chi connectivity index (χ0n) is 10.6. The predicted octanol–water partition coefficient (Wildman–Crippen LogP) is 2.38. The summed E-state index contributed by atoms with van der Waals surface area (Å²) in [6.45, 7) is 3.70. The van der Waals surface area contributed by atoms with E-state index in [-0.39, 0.29) is 11.8 Å². The monoisotopic (exact) mass is 313 g/mol. The van der Waals surface area contributed by atoms with Crippen LogP contribution in [0.4, 0.5) is 0 Å². The fourth-order valence-corrected chi connectivity index (χ4v) is 1.95. The largest absolute Gasteiger partial charge is 0.467 e. The van der Waals surface area contributed by atoms with Crippen LogP contribution in [0.3, 0.4) is 0 Å². The molecule has 1 rings (SSSR count). The second kappa shape index (κ2) is 6.54. The molecule has 1 unspecified atom stereocenters. The van der Waals surface area contributed by atoms with Crippen LogP contribution in [0.15, 0.2) is 28.7 Å². The number of carbonyl (C=O) groups is 2. The molecule has 1 aromatic rings. The smallest absolute Gasteiger partial charge is 0.328 e. The summed E-state index contributed by atoms with van der Waals surface area (Å²) < 4.78 is 5.36. The summed E-state index contributed by atoms with van der Waals surface area (Å²) in [5.41, 5.74) is 0.493. The van der Waals surface area contributed by atoms with Gasteiger partial charge < -0.3 is 10.1 Å². The summed E-state index contributed by atoms with van der Waals surface area (Å²) in [6, 6.07) is 6.41. The Labute approximate surface area is 115 Å². The van der Waals surface area contributed by atoms with Crippen molar-refractivity contribution in [2.24, 2.45) is 5.92 Å². The second-order valence-electron chi connectivity index (χ2n) is 4.20. The minimum Gasteiger partial charge on any atom is -0.467 e. The SMILES string of the molecule is COC(=O)C(NC(=O)c1ccccc1Br)C(C)C. The first-order valence-corrected chi connectivity index (χ1v) is 6.40. The maximum Gasteiger partial charge on any atom is 0.328 e. The van der Waals surface area contributed by atoms with Crippen molar-refractivity contribution in [1.29, 1.82) is 0 Å². The molecule has 0 aliphatic carbocycles. The molecule has 0 bridgehead atoms. The number of benzene rings is 1. The number of amides is 1. The molecule has 1 aromatic carbocycles. The molecule has 98 valence electrons. The van der Waals surface area contributed by atoms with Gasteiger partial charge in [0.15, 0.2) is 0 Å². The molecule has 0 aliphatic heterocycles. The Morgan fingerprint density at radius 1 is 1.28 bits per heavy atom. The molecule has 0 saturated carbocycles. The summed E-state index contributed by atoms with van der Waals surface area (Å²) >= 11 is 3.30. The van der Waals surface area contributed by atoms with E-state index in [9.17, 15) is 9.59 Å². The number of rotatable bonds is 4. The molecule has 0 saturated heterocycles. The molecule has 0 aromatic heterocycles. The van der Waals surface area contributed by atoms with Gasteiger partial charge in [0.05, 0.1) is 12.7 Å². The Balaban J connectivity index is 2.86. The number of hydrogen-bond acceptors (Lipinski definition) is 3. The molecule has 0 fully saturated rings. The van der Waals surface area contributed by atoms with E-state index < -0.39 is 12.0 Å². The van der Waals surface area contributed by atoms with Crippen molar-refractivity contribution < 1.29 is 14.3 Å². The number of methoxy groups -OCH3 is 1. The molecule has 0 aliphatic rings. The molecule has 0 heterocycles. The van der Waals surface area contributed by atoms with Gasteiger partial charge in [0.1, 0.15) is 6.04 Å². The van der Waals surface area contributed by atoms with Crippen LogP contribution >= 0.6 is 15.9 Å². The van der Waals surface area contributed by atoms with Crippen LogP contribution in [0.25, 0.3) is 0 Å². The number of halogens is 1. The molecule has 1 N–H and O–H groups in total. The molecular formula is C13H16BrNO3. The van der Waals surface area contributed by atoms with Crippen molar-refractivity contribution in [3.05, 3.63) is 34.3 Å². The Bertz CT molecular complexity index is 446. The van der Waals surface area contributed by atoms with E-state index in [2.05, 4.69) is 26.0 Å². The number of nitrogens with one attached hydrogen (secondary N) is 1. The van der Waals surface area contributed by atoms with Crippen LogP contribution in [0.5, 0.6) is 0 Å². The van der Waals surface area contributed by atoms with Gasteiger partial charge in [-0.05, 0) is 34.0 Å². The van der Waals surface area contributed by atoms with Gasteiger partial charge in [-0.3, -0.25) is 4.79 Å². The summed E-state index contributed by atoms with van der Waals surface area (Å²) in [7, 11) is 1.31. The molecule has 1 atom stereocenters. The highest BCUT2D eigenvalue weighted by molar-refractivity contribution is 9.10. The Morgan fingerprint density at radius 3 is 2.39 bits per heavy atom. The lowest BCUT2D eigenvalue weighted by Gasteiger charge is -2.20. The first kappa shape index (κ1) is 14.7. The fourth-order valence-electron chi connectivity index (χ4n) is 1.49. The molecule has 0 spiro atoms. The normalized spacial score (nSPS) is 12.1. The zero-order chi connectivity index (χ0) is 13.7. The van der Waals surface area contributed by atoms with Crippen LogP contribution in [0.2, 0.25) is 0 Å². The predicted molar refractivity (Wildman–Crippen MR) is 72.3 cm³/mol. The van der Waals surface area contributed by atoms with Crippen LogP contribution in [-0.4, -0.2) is 25.0 Å². The Kier molecular flexibility index (Phi) is 5.34. The number of carbonyl (C=O) groups excluding carboxylic acids is 2. The van der Waals surface area contributed by atoms with Crippen LogP contribution < -0.4 is 5.32 Å². The first-order chi connectivity index (χ1) is 8.47. The van der Waals surface area contributed by atoms with Crippen molar-refractivity contribution in [3.63, 3.8) is 0 Å². The van der Waals surface area contributed by atoms with Gasteiger partial charge in [-0.1, -0.05) is 26.0 Å². The Morgan fingerprint density at radius 2 is 1.89 bits per heavy atom. The van der Waals surface area contributed by atoms with Gasteiger partial charge in [-0.15, -0.1) is 0 Å². The maximum absolute atomic E-state index is 12.1. The van der Waals surface area contributed by atoms with E-state index >= 15 is 0 Å². The molecule has 0 radical (unpaired) electrons. The zero-order valence-corrected chi connectivity index (χ0v) is 12.2. The highest BCUT2D eigenvalue weighted by atomic mass is 79.9. The van der Waals surface area contributed by atoms with Crippen molar-refractivity contribution in [2.75, 3.05) is 7.11 Å². The third-order valence-corrected chi connectivity index (χ3v) is 3.22. The van der Waals surface area contributed by atoms with E-state index in [1.807, 2.05) is 19.9 Å². The lowest BCUT2D eigenvalue weighted by molar-refractivity contribution is -0.144. The van der Waals surface area contributed by atoms with E-state index in [0.29, 0.717) is 10.0 Å². The number of ether oxygens (including phenoxy) is 1. The van der Waals surface area contributed by atoms with Crippen LogP contribution in [0.1, 0.15) is 24.2 Å². The van der Waals surface area contributed by atoms with Crippen molar-refractivity contribution in [1.82, 2.24) is 5.32 Å². The molecular weight excluding hydrogens is 298 g/mol. The van der Waals surface area contributed by atoms with Crippen molar-refractivity contribution in [2.45, 2.75) is 19.9 Å². The fraction of sp³-hybridized carbons (Fsp3) is 0.385. The summed E-state index contributed by atoms with van der Waals surface area (Å²) in [4.78, 5) is 23.6. The number of hydrogen-bond donors (Lipinski definition) is 1. The lowest BCUT2D eigenvalue weighted by Crippen LogP contribution is -2.45. The van der Waals surface area contributed by atoms with E-state index in [1.54, 1.807) is 18.2 Å². The van der Waals surface area contributed by atoms with Gasteiger partial charge in [0, 0.05) is 4.47 Å². The van der Waals surface area contributed by atoms with Crippen LogP contribution in [-0.2, 0) is 9.53 Å². The van der Waals surface area contributed by atoms with Gasteiger partial charge in [0.2, 0.25) is 0 Å². The minimum absolute atomic E-state index is 0.0381. The third-order valence-electron chi connectivity index (χ3n) is 2.53. The highest BCUT2D eigenvalue weighted by Crippen LogP contribution is 2.16. The lowest BCUT2D eigenvalue weighted by atomic mass is 10.0. The van der Waals surface area contributed by atoms with Gasteiger partial charge in [-0.2, -0.15) is 0 Å². The standard InChI is InChI=1S/C13H16BrNO3/c1-8(2)11(13(17)18-3)15-12(16)9-6-4-5-7-10(9)14/h4-8,11H,1-3H3,(H,15,16). The van der Waals surface area contributed by atoms with Crippen molar-refractivity contribution >= 4 is 27.8 Å². The molecule has 1 amide bonds. The maximum atomic E-state index is 12.1. The topological polar surface area (TPSA) is 55.4 Å². The van der Waals surface area contributed by atoms with E-state index in [1.165, 1.54) is 7.11 Å². The van der Waals surface area contributed by atoms with Gasteiger partial charge in [-0.25, -0.2) is 4.79 Å². The van der Waals surface area contributed by atoms with E-state index in [4.69, 9.17) is 0 Å². The minimum atomic E-state index is -0.644. The number of esters is 1. The molecule has 5 heteroatoms. The average Bonchev–Trinajstić information content (AvgIpc) is 2.35. The summed E-state index contributed by atoms with van der Waals surface area (Å²) in [5.74, 6) is -0.777. The first-order valence-electron chi connectivity index (χ1n) is 5.60. The third kappa shape index (κ3) is 3.57. The quantitative estimate of drug-likeness (QED) is 0.868. The second-order valence-corrected chi connectivity index (χ2v) is 5.05. The highest BCUT2D eigenvalue weighted by Gasteiger charge is 2.25. The molecule has 18 heavy (non-hydrogen) atoms. The summed E-state index contributed by atoms with van der Waals surface area (Å²) in [5, 5.41) is 2.68. The summed E-state index contributed by atoms with van der Waals surface area (Å²) in [6.07, 6.45) is 0. The van der Waals surface area contributed by atoms with Crippen LogP contribution in [0, 0.1) is 5.92 Å². The van der Waals surface area contributed by atoms with Gasteiger partial charge in [0.25, 0.3) is 5.91 Å². The molecule has 4 nitrogen and oxygen atoms in total. The Hall–Kier alpha value is -1.36. The van der Waals surface area contributed by atoms with Gasteiger partial charge >= 0.3 is 5.97 Å². The average molecular weight is 314 g/mol. The van der Waals surface area contributed by atoms with Crippen molar-refractivity contribution in [3.8, 4) is 0 Å².